The first-order valence-corrected chi connectivity index (χ1v) is 8.11. The van der Waals surface area contributed by atoms with Crippen molar-refractivity contribution in [3.8, 4) is 0 Å². The van der Waals surface area contributed by atoms with E-state index in [0.717, 1.165) is 19.3 Å². The molecule has 0 aliphatic heterocycles. The van der Waals surface area contributed by atoms with Gasteiger partial charge in [0.2, 0.25) is 0 Å². The van der Waals surface area contributed by atoms with Crippen molar-refractivity contribution in [3.63, 3.8) is 0 Å². The third-order valence-electron chi connectivity index (χ3n) is 3.95. The number of aliphatic carboxylic acids is 1. The van der Waals surface area contributed by atoms with E-state index in [-0.39, 0.29) is 12.3 Å². The second-order valence-corrected chi connectivity index (χ2v) is 6.61. The predicted molar refractivity (Wildman–Crippen MR) is 84.9 cm³/mol. The number of aryl methyl sites for hydroxylation is 1. The summed E-state index contributed by atoms with van der Waals surface area (Å²) in [4.78, 5) is 13.4. The van der Waals surface area contributed by atoms with Gasteiger partial charge in [-0.1, -0.05) is 36.0 Å². The van der Waals surface area contributed by atoms with E-state index in [2.05, 4.69) is 30.3 Å². The van der Waals surface area contributed by atoms with Gasteiger partial charge < -0.3 is 5.11 Å². The Bertz CT molecular complexity index is 637. The summed E-state index contributed by atoms with van der Waals surface area (Å²) >= 11 is 1.76. The second kappa shape index (κ2) is 6.35. The highest BCUT2D eigenvalue weighted by Gasteiger charge is 2.22. The van der Waals surface area contributed by atoms with Crippen molar-refractivity contribution in [3.05, 3.63) is 59.7 Å². The van der Waals surface area contributed by atoms with Gasteiger partial charge in [0.1, 0.15) is 0 Å². The molecule has 1 aliphatic rings. The average Bonchev–Trinajstić information content (AvgIpc) is 2.48. The molecule has 108 valence electrons. The lowest BCUT2D eigenvalue weighted by Crippen LogP contribution is -2.13. The summed E-state index contributed by atoms with van der Waals surface area (Å²) in [6, 6.07) is 16.8. The molecule has 2 aromatic rings. The summed E-state index contributed by atoms with van der Waals surface area (Å²) < 4.78 is 0. The molecule has 0 heterocycles. The molecular formula is C18H18O2S. The fraction of sp³-hybridized carbons (Fsp3) is 0.278. The summed E-state index contributed by atoms with van der Waals surface area (Å²) in [5, 5.41) is 9.04. The first-order valence-electron chi connectivity index (χ1n) is 7.30. The minimum absolute atomic E-state index is 0.182. The molecule has 0 unspecified atom stereocenters. The maximum absolute atomic E-state index is 11.0. The van der Waals surface area contributed by atoms with E-state index < -0.39 is 5.97 Å². The third-order valence-corrected chi connectivity index (χ3v) is 4.95. The van der Waals surface area contributed by atoms with Crippen LogP contribution in [0, 0.1) is 0 Å². The van der Waals surface area contributed by atoms with Gasteiger partial charge in [-0.15, -0.1) is 0 Å². The molecule has 0 amide bonds. The Morgan fingerprint density at radius 1 is 1.14 bits per heavy atom. The van der Waals surface area contributed by atoms with Gasteiger partial charge in [-0.3, -0.25) is 4.79 Å². The van der Waals surface area contributed by atoms with Gasteiger partial charge in [0.05, 0.1) is 6.42 Å². The topological polar surface area (TPSA) is 37.3 Å². The zero-order chi connectivity index (χ0) is 14.7. The molecule has 0 aromatic heterocycles. The van der Waals surface area contributed by atoms with E-state index in [1.54, 1.807) is 11.8 Å². The van der Waals surface area contributed by atoms with E-state index in [0.29, 0.717) is 0 Å². The van der Waals surface area contributed by atoms with Crippen LogP contribution >= 0.6 is 11.8 Å². The van der Waals surface area contributed by atoms with E-state index in [9.17, 15) is 4.79 Å². The van der Waals surface area contributed by atoms with Crippen LogP contribution in [0.2, 0.25) is 0 Å². The summed E-state index contributed by atoms with van der Waals surface area (Å²) in [7, 11) is 0. The molecule has 3 rings (SSSR count). The van der Waals surface area contributed by atoms with Crippen LogP contribution in [0.5, 0.6) is 0 Å². The third kappa shape index (κ3) is 3.48. The number of rotatable bonds is 4. The van der Waals surface area contributed by atoms with Gasteiger partial charge in [-0.25, -0.2) is 0 Å². The van der Waals surface area contributed by atoms with E-state index >= 15 is 0 Å². The van der Waals surface area contributed by atoms with Crippen molar-refractivity contribution in [2.75, 3.05) is 0 Å². The van der Waals surface area contributed by atoms with Crippen molar-refractivity contribution >= 4 is 17.7 Å². The van der Waals surface area contributed by atoms with Crippen LogP contribution in [-0.4, -0.2) is 11.1 Å². The van der Waals surface area contributed by atoms with Crippen molar-refractivity contribution < 1.29 is 9.90 Å². The summed E-state index contributed by atoms with van der Waals surface area (Å²) in [6.07, 6.45) is 3.39. The summed E-state index contributed by atoms with van der Waals surface area (Å²) in [6.45, 7) is 0. The molecule has 0 saturated carbocycles. The maximum atomic E-state index is 11.0. The summed E-state index contributed by atoms with van der Waals surface area (Å²) in [5.41, 5.74) is 2.56. The van der Waals surface area contributed by atoms with Gasteiger partial charge in [0, 0.05) is 9.79 Å². The van der Waals surface area contributed by atoms with Gasteiger partial charge in [-0.05, 0) is 60.6 Å². The van der Waals surface area contributed by atoms with Crippen molar-refractivity contribution in [2.24, 2.45) is 0 Å². The molecule has 0 bridgehead atoms. The Kier molecular flexibility index (Phi) is 4.30. The number of carbonyl (C=O) groups is 1. The standard InChI is InChI=1S/C18H18O2S/c19-18(20)12-14-6-4-5-13-11-16(9-10-17(13)14)21-15-7-2-1-3-8-15/h1-3,7-11,14H,4-6,12H2,(H,19,20)/t14-/m1/s1. The minimum atomic E-state index is -0.699. The van der Waals surface area contributed by atoms with Crippen LogP contribution in [0.3, 0.4) is 0 Å². The van der Waals surface area contributed by atoms with Gasteiger partial charge in [0.25, 0.3) is 0 Å². The van der Waals surface area contributed by atoms with Crippen LogP contribution in [-0.2, 0) is 11.2 Å². The Balaban J connectivity index is 1.82. The van der Waals surface area contributed by atoms with Crippen LogP contribution < -0.4 is 0 Å². The molecule has 1 aliphatic carbocycles. The molecule has 0 radical (unpaired) electrons. The second-order valence-electron chi connectivity index (χ2n) is 5.46. The quantitative estimate of drug-likeness (QED) is 0.886. The maximum Gasteiger partial charge on any atom is 0.303 e. The number of benzene rings is 2. The highest BCUT2D eigenvalue weighted by molar-refractivity contribution is 7.99. The highest BCUT2D eigenvalue weighted by Crippen LogP contribution is 2.37. The van der Waals surface area contributed by atoms with E-state index in [4.69, 9.17) is 5.11 Å². The fourth-order valence-corrected chi connectivity index (χ4v) is 3.90. The van der Waals surface area contributed by atoms with Crippen molar-refractivity contribution in [1.29, 1.82) is 0 Å². The first-order chi connectivity index (χ1) is 10.2. The smallest absolute Gasteiger partial charge is 0.303 e. The van der Waals surface area contributed by atoms with Crippen molar-refractivity contribution in [1.82, 2.24) is 0 Å². The van der Waals surface area contributed by atoms with E-state index in [1.807, 2.05) is 18.2 Å². The van der Waals surface area contributed by atoms with Crippen LogP contribution in [0.15, 0.2) is 58.3 Å². The molecule has 3 heteroatoms. The average molecular weight is 298 g/mol. The lowest BCUT2D eigenvalue weighted by molar-refractivity contribution is -0.137. The normalized spacial score (nSPS) is 17.2. The Morgan fingerprint density at radius 3 is 2.71 bits per heavy atom. The zero-order valence-corrected chi connectivity index (χ0v) is 12.6. The lowest BCUT2D eigenvalue weighted by Gasteiger charge is -2.24. The molecule has 0 saturated heterocycles. The van der Waals surface area contributed by atoms with Crippen LogP contribution in [0.4, 0.5) is 0 Å². The minimum Gasteiger partial charge on any atom is -0.481 e. The Labute approximate surface area is 129 Å². The molecule has 0 spiro atoms. The molecule has 1 N–H and O–H groups in total. The summed E-state index contributed by atoms with van der Waals surface area (Å²) in [5.74, 6) is -0.516. The number of carboxylic acid groups (broad SMARTS) is 1. The largest absolute Gasteiger partial charge is 0.481 e. The van der Waals surface area contributed by atoms with Crippen LogP contribution in [0.1, 0.15) is 36.3 Å². The molecule has 21 heavy (non-hydrogen) atoms. The van der Waals surface area contributed by atoms with E-state index in [1.165, 1.54) is 20.9 Å². The van der Waals surface area contributed by atoms with Crippen LogP contribution in [0.25, 0.3) is 0 Å². The molecule has 0 fully saturated rings. The van der Waals surface area contributed by atoms with Gasteiger partial charge in [0.15, 0.2) is 0 Å². The highest BCUT2D eigenvalue weighted by atomic mass is 32.2. The van der Waals surface area contributed by atoms with Crippen molar-refractivity contribution in [2.45, 2.75) is 41.4 Å². The molecule has 1 atom stereocenters. The first kappa shape index (κ1) is 14.2. The monoisotopic (exact) mass is 298 g/mol. The Morgan fingerprint density at radius 2 is 1.95 bits per heavy atom. The Hall–Kier alpha value is -1.74. The fourth-order valence-electron chi connectivity index (χ4n) is 3.00. The number of fused-ring (bicyclic) bond motifs is 1. The number of hydrogen-bond donors (Lipinski definition) is 1. The number of hydrogen-bond acceptors (Lipinski definition) is 2. The predicted octanol–water partition coefficient (Wildman–Crippen LogP) is 4.73. The van der Waals surface area contributed by atoms with Gasteiger partial charge >= 0.3 is 5.97 Å². The molecule has 2 aromatic carbocycles. The SMILES string of the molecule is O=C(O)C[C@H]1CCCc2cc(Sc3ccccc3)ccc21. The molecular weight excluding hydrogens is 280 g/mol. The molecule has 2 nitrogen and oxygen atoms in total. The van der Waals surface area contributed by atoms with Gasteiger partial charge in [-0.2, -0.15) is 0 Å². The number of carboxylic acids is 1. The lowest BCUT2D eigenvalue weighted by atomic mass is 9.81. The zero-order valence-electron chi connectivity index (χ0n) is 11.8.